The monoisotopic (exact) mass is 386 g/mol. The molecule has 1 fully saturated rings. The molecule has 0 heterocycles. The van der Waals surface area contributed by atoms with E-state index in [1.165, 1.54) is 0 Å². The van der Waals surface area contributed by atoms with Gasteiger partial charge in [0.1, 0.15) is 0 Å². The highest BCUT2D eigenvalue weighted by atomic mass is 17.3. The minimum absolute atomic E-state index is 0.103. The van der Waals surface area contributed by atoms with Crippen molar-refractivity contribution >= 4 is 0 Å². The van der Waals surface area contributed by atoms with Crippen LogP contribution in [0.3, 0.4) is 0 Å². The molecule has 4 nitrogen and oxygen atoms in total. The molecule has 1 aliphatic rings. The van der Waals surface area contributed by atoms with Gasteiger partial charge in [0.05, 0.1) is 11.2 Å². The van der Waals surface area contributed by atoms with Crippen LogP contribution < -0.4 is 0 Å². The van der Waals surface area contributed by atoms with Crippen LogP contribution in [0.25, 0.3) is 0 Å². The summed E-state index contributed by atoms with van der Waals surface area (Å²) in [4.78, 5) is 24.2. The second-order valence-corrected chi connectivity index (χ2v) is 10.4. The Morgan fingerprint density at radius 2 is 1.26 bits per heavy atom. The van der Waals surface area contributed by atoms with Crippen LogP contribution in [0.2, 0.25) is 0 Å². The lowest BCUT2D eigenvalue weighted by Crippen LogP contribution is -2.53. The van der Waals surface area contributed by atoms with E-state index < -0.39 is 5.79 Å². The zero-order valence-electron chi connectivity index (χ0n) is 19.6. The van der Waals surface area contributed by atoms with E-state index in [2.05, 4.69) is 62.3 Å². The quantitative estimate of drug-likeness (QED) is 0.199. The Morgan fingerprint density at radius 3 is 1.67 bits per heavy atom. The molecule has 0 radical (unpaired) electrons. The maximum Gasteiger partial charge on any atom is 0.237 e. The summed E-state index contributed by atoms with van der Waals surface area (Å²) < 4.78 is 0. The molecule has 1 aliphatic carbocycles. The van der Waals surface area contributed by atoms with E-state index in [-0.39, 0.29) is 22.5 Å². The van der Waals surface area contributed by atoms with Crippen molar-refractivity contribution in [3.05, 3.63) is 0 Å². The fourth-order valence-electron chi connectivity index (χ4n) is 3.72. The maximum atomic E-state index is 6.13. The molecule has 1 saturated carbocycles. The van der Waals surface area contributed by atoms with E-state index in [9.17, 15) is 0 Å². The van der Waals surface area contributed by atoms with Crippen LogP contribution >= 0.6 is 0 Å². The first kappa shape index (κ1) is 24.9. The standard InChI is InChI=1S/C23H46O4/c1-10-12-16-21(6,7)24-26-23(18-14-15-20(4,5)19(23)3)27-25-22(8,9)17-13-11-2/h19H,10-18H2,1-9H3. The van der Waals surface area contributed by atoms with Crippen molar-refractivity contribution in [3.8, 4) is 0 Å². The molecule has 1 atom stereocenters. The number of hydrogen-bond donors (Lipinski definition) is 0. The van der Waals surface area contributed by atoms with E-state index >= 15 is 0 Å². The van der Waals surface area contributed by atoms with Crippen molar-refractivity contribution in [2.24, 2.45) is 11.3 Å². The van der Waals surface area contributed by atoms with Gasteiger partial charge in [0.25, 0.3) is 0 Å². The van der Waals surface area contributed by atoms with Gasteiger partial charge in [-0.25, -0.2) is 9.78 Å². The summed E-state index contributed by atoms with van der Waals surface area (Å²) in [5, 5.41) is 0. The molecule has 0 amide bonds. The average molecular weight is 387 g/mol. The third-order valence-corrected chi connectivity index (χ3v) is 6.26. The minimum atomic E-state index is -0.866. The fraction of sp³-hybridized carbons (Fsp3) is 1.00. The zero-order valence-corrected chi connectivity index (χ0v) is 19.6. The number of unbranched alkanes of at least 4 members (excludes halogenated alkanes) is 2. The minimum Gasteiger partial charge on any atom is -0.228 e. The molecule has 27 heavy (non-hydrogen) atoms. The van der Waals surface area contributed by atoms with E-state index in [1.54, 1.807) is 0 Å². The SMILES string of the molecule is CCCCC(C)(C)OOC1(OOC(C)(C)CCCC)CCCC(C)(C)C1C. The Kier molecular flexibility index (Phi) is 9.26. The van der Waals surface area contributed by atoms with Crippen LogP contribution in [0, 0.1) is 11.3 Å². The van der Waals surface area contributed by atoms with Gasteiger partial charge in [0.15, 0.2) is 0 Å². The molecule has 0 bridgehead atoms. The second-order valence-electron chi connectivity index (χ2n) is 10.4. The van der Waals surface area contributed by atoms with Crippen LogP contribution in [0.1, 0.15) is 120 Å². The molecule has 1 rings (SSSR count). The summed E-state index contributed by atoms with van der Waals surface area (Å²) >= 11 is 0. The van der Waals surface area contributed by atoms with Crippen molar-refractivity contribution in [3.63, 3.8) is 0 Å². The Morgan fingerprint density at radius 1 is 0.815 bits per heavy atom. The highest BCUT2D eigenvalue weighted by molar-refractivity contribution is 4.91. The Balaban J connectivity index is 2.90. The van der Waals surface area contributed by atoms with Gasteiger partial charge in [-0.2, -0.15) is 9.78 Å². The van der Waals surface area contributed by atoms with Gasteiger partial charge in [0, 0.05) is 12.3 Å². The average Bonchev–Trinajstić information content (AvgIpc) is 2.59. The van der Waals surface area contributed by atoms with E-state index in [0.29, 0.717) is 0 Å². The largest absolute Gasteiger partial charge is 0.237 e. The van der Waals surface area contributed by atoms with Crippen LogP contribution in [-0.2, 0) is 19.6 Å². The fourth-order valence-corrected chi connectivity index (χ4v) is 3.72. The lowest BCUT2D eigenvalue weighted by molar-refractivity contribution is -0.562. The highest BCUT2D eigenvalue weighted by Crippen LogP contribution is 2.49. The summed E-state index contributed by atoms with van der Waals surface area (Å²) in [7, 11) is 0. The van der Waals surface area contributed by atoms with Crippen molar-refractivity contribution in [1.29, 1.82) is 0 Å². The molecule has 0 spiro atoms. The normalized spacial score (nSPS) is 22.8. The zero-order chi connectivity index (χ0) is 20.8. The van der Waals surface area contributed by atoms with Crippen molar-refractivity contribution < 1.29 is 19.6 Å². The Bertz CT molecular complexity index is 404. The lowest BCUT2D eigenvalue weighted by atomic mass is 9.66. The first-order valence-electron chi connectivity index (χ1n) is 11.1. The number of rotatable bonds is 12. The number of hydrogen-bond acceptors (Lipinski definition) is 4. The van der Waals surface area contributed by atoms with Gasteiger partial charge in [-0.05, 0) is 58.8 Å². The van der Waals surface area contributed by atoms with Gasteiger partial charge < -0.3 is 0 Å². The lowest BCUT2D eigenvalue weighted by Gasteiger charge is -2.49. The first-order valence-corrected chi connectivity index (χ1v) is 11.1. The maximum absolute atomic E-state index is 6.13. The Hall–Kier alpha value is -0.160. The molecule has 162 valence electrons. The van der Waals surface area contributed by atoms with Crippen molar-refractivity contribution in [1.82, 2.24) is 0 Å². The van der Waals surface area contributed by atoms with Gasteiger partial charge in [-0.3, -0.25) is 0 Å². The molecular weight excluding hydrogens is 340 g/mol. The van der Waals surface area contributed by atoms with Gasteiger partial charge >= 0.3 is 0 Å². The molecule has 0 aromatic carbocycles. The smallest absolute Gasteiger partial charge is 0.228 e. The molecule has 1 unspecified atom stereocenters. The van der Waals surface area contributed by atoms with Crippen molar-refractivity contribution in [2.75, 3.05) is 0 Å². The summed E-state index contributed by atoms with van der Waals surface area (Å²) in [5.41, 5.74) is -0.580. The molecular formula is C23H46O4. The highest BCUT2D eigenvalue weighted by Gasteiger charge is 2.52. The molecule has 4 heteroatoms. The van der Waals surface area contributed by atoms with Crippen molar-refractivity contribution in [2.45, 2.75) is 137 Å². The molecule has 0 aromatic heterocycles. The third kappa shape index (κ3) is 7.64. The second kappa shape index (κ2) is 10.0. The van der Waals surface area contributed by atoms with Crippen LogP contribution in [0.15, 0.2) is 0 Å². The van der Waals surface area contributed by atoms with E-state index in [0.717, 1.165) is 57.8 Å². The summed E-state index contributed by atoms with van der Waals surface area (Å²) in [5.74, 6) is -0.711. The first-order chi connectivity index (χ1) is 12.4. The molecule has 0 saturated heterocycles. The third-order valence-electron chi connectivity index (χ3n) is 6.26. The predicted molar refractivity (Wildman–Crippen MR) is 111 cm³/mol. The van der Waals surface area contributed by atoms with Crippen LogP contribution in [0.5, 0.6) is 0 Å². The van der Waals surface area contributed by atoms with Crippen LogP contribution in [-0.4, -0.2) is 17.0 Å². The van der Waals surface area contributed by atoms with Gasteiger partial charge in [0.2, 0.25) is 5.79 Å². The molecule has 0 aromatic rings. The van der Waals surface area contributed by atoms with Crippen LogP contribution in [0.4, 0.5) is 0 Å². The summed E-state index contributed by atoms with van der Waals surface area (Å²) in [6.45, 7) is 19.5. The van der Waals surface area contributed by atoms with Gasteiger partial charge in [-0.15, -0.1) is 0 Å². The summed E-state index contributed by atoms with van der Waals surface area (Å²) in [6.07, 6.45) is 9.42. The Labute approximate surface area is 168 Å². The topological polar surface area (TPSA) is 36.9 Å². The molecule has 0 aliphatic heterocycles. The van der Waals surface area contributed by atoms with E-state index in [4.69, 9.17) is 19.6 Å². The summed E-state index contributed by atoms with van der Waals surface area (Å²) in [6, 6.07) is 0. The predicted octanol–water partition coefficient (Wildman–Crippen LogP) is 7.36. The van der Waals surface area contributed by atoms with Gasteiger partial charge in [-0.1, -0.05) is 60.3 Å². The van der Waals surface area contributed by atoms with E-state index in [1.807, 2.05) is 0 Å². The molecule has 0 N–H and O–H groups in total.